The Morgan fingerprint density at radius 1 is 0.969 bits per heavy atom. The lowest BCUT2D eigenvalue weighted by Gasteiger charge is -2.20. The molecule has 0 aliphatic carbocycles. The number of hydrogen-bond donors (Lipinski definition) is 2. The summed E-state index contributed by atoms with van der Waals surface area (Å²) in [5.74, 6) is 0.832. The normalized spacial score (nSPS) is 24.9. The predicted octanol–water partition coefficient (Wildman–Crippen LogP) is 3.43. The standard InChI is InChI=1S/C25H24N4O3/c1-15-21(30)22(31)25(32-15)29-13-18(16-7-3-2-4-8-16)20-23(26-14-27-24(20)29)28-12-11-17-9-5-6-10-19(17)28/h2-10,13-15,21-22,25,30-31H,11-12H2,1H3/t15-,21-,22-,25-/m1/s1. The number of anilines is 2. The van der Waals surface area contributed by atoms with E-state index in [2.05, 4.69) is 40.2 Å². The van der Waals surface area contributed by atoms with Gasteiger partial charge in [0.2, 0.25) is 0 Å². The monoisotopic (exact) mass is 428 g/mol. The van der Waals surface area contributed by atoms with Crippen molar-refractivity contribution in [1.82, 2.24) is 14.5 Å². The largest absolute Gasteiger partial charge is 0.388 e. The Labute approximate surface area is 185 Å². The van der Waals surface area contributed by atoms with Gasteiger partial charge in [-0.25, -0.2) is 9.97 Å². The molecule has 0 spiro atoms. The number of fused-ring (bicyclic) bond motifs is 2. The fourth-order valence-electron chi connectivity index (χ4n) is 4.92. The van der Waals surface area contributed by atoms with Gasteiger partial charge in [0.15, 0.2) is 6.23 Å². The highest BCUT2D eigenvalue weighted by molar-refractivity contribution is 6.03. The molecule has 0 radical (unpaired) electrons. The van der Waals surface area contributed by atoms with E-state index >= 15 is 0 Å². The third-order valence-electron chi connectivity index (χ3n) is 6.57. The van der Waals surface area contributed by atoms with Crippen molar-refractivity contribution in [2.75, 3.05) is 11.4 Å². The summed E-state index contributed by atoms with van der Waals surface area (Å²) >= 11 is 0. The number of para-hydroxylation sites is 1. The maximum Gasteiger partial charge on any atom is 0.164 e. The van der Waals surface area contributed by atoms with E-state index in [-0.39, 0.29) is 0 Å². The summed E-state index contributed by atoms with van der Waals surface area (Å²) < 4.78 is 7.78. The molecule has 4 heterocycles. The molecule has 0 amide bonds. The highest BCUT2D eigenvalue weighted by Gasteiger charge is 2.42. The van der Waals surface area contributed by atoms with E-state index in [1.807, 2.05) is 35.0 Å². The van der Waals surface area contributed by atoms with Crippen molar-refractivity contribution in [3.05, 3.63) is 72.7 Å². The summed E-state index contributed by atoms with van der Waals surface area (Å²) in [6.45, 7) is 2.60. The van der Waals surface area contributed by atoms with E-state index in [1.54, 1.807) is 13.3 Å². The fourth-order valence-corrected chi connectivity index (χ4v) is 4.92. The van der Waals surface area contributed by atoms with Gasteiger partial charge >= 0.3 is 0 Å². The number of rotatable bonds is 3. The molecule has 4 atom stereocenters. The number of nitrogens with zero attached hydrogens (tertiary/aromatic N) is 4. The third-order valence-corrected chi connectivity index (χ3v) is 6.57. The van der Waals surface area contributed by atoms with Crippen LogP contribution in [0.5, 0.6) is 0 Å². The van der Waals surface area contributed by atoms with Gasteiger partial charge in [-0.2, -0.15) is 0 Å². The Hall–Kier alpha value is -3.26. The van der Waals surface area contributed by atoms with E-state index in [4.69, 9.17) is 9.72 Å². The SMILES string of the molecule is C[C@H]1O[C@@H](n2cc(-c3ccccc3)c3c(N4CCc5ccccc54)ncnc32)[C@H](O)[C@@H]1O. The van der Waals surface area contributed by atoms with Crippen molar-refractivity contribution in [3.63, 3.8) is 0 Å². The van der Waals surface area contributed by atoms with Crippen LogP contribution in [0.3, 0.4) is 0 Å². The van der Waals surface area contributed by atoms with Gasteiger partial charge in [0.05, 0.1) is 11.5 Å². The van der Waals surface area contributed by atoms with Gasteiger partial charge in [-0.15, -0.1) is 0 Å². The zero-order valence-corrected chi connectivity index (χ0v) is 17.7. The van der Waals surface area contributed by atoms with E-state index in [9.17, 15) is 10.2 Å². The summed E-state index contributed by atoms with van der Waals surface area (Å²) in [6.07, 6.45) is 1.27. The van der Waals surface area contributed by atoms with Crippen LogP contribution in [-0.4, -0.2) is 49.6 Å². The van der Waals surface area contributed by atoms with Gasteiger partial charge in [0, 0.05) is 24.0 Å². The highest BCUT2D eigenvalue weighted by Crippen LogP contribution is 2.43. The molecule has 2 aliphatic rings. The van der Waals surface area contributed by atoms with Crippen LogP contribution < -0.4 is 4.90 Å². The molecule has 0 unspecified atom stereocenters. The summed E-state index contributed by atoms with van der Waals surface area (Å²) in [5, 5.41) is 21.9. The molecule has 4 aromatic rings. The molecular formula is C25H24N4O3. The first-order chi connectivity index (χ1) is 15.6. The zero-order valence-electron chi connectivity index (χ0n) is 17.7. The Morgan fingerprint density at radius 2 is 1.75 bits per heavy atom. The maximum absolute atomic E-state index is 10.7. The molecule has 7 nitrogen and oxygen atoms in total. The summed E-state index contributed by atoms with van der Waals surface area (Å²) in [6, 6.07) is 18.5. The van der Waals surface area contributed by atoms with Gasteiger partial charge < -0.3 is 24.4 Å². The molecule has 1 fully saturated rings. The van der Waals surface area contributed by atoms with Crippen LogP contribution in [-0.2, 0) is 11.2 Å². The number of hydrogen-bond acceptors (Lipinski definition) is 6. The number of aromatic nitrogens is 3. The van der Waals surface area contributed by atoms with Crippen LogP contribution in [0, 0.1) is 0 Å². The Balaban J connectivity index is 1.59. The van der Waals surface area contributed by atoms with Crippen molar-refractivity contribution in [2.24, 2.45) is 0 Å². The van der Waals surface area contributed by atoms with Gasteiger partial charge in [-0.1, -0.05) is 48.5 Å². The van der Waals surface area contributed by atoms with E-state index in [0.29, 0.717) is 5.65 Å². The number of aliphatic hydroxyl groups is 2. The average Bonchev–Trinajstić information content (AvgIpc) is 3.50. The Kier molecular flexibility index (Phi) is 4.50. The molecule has 162 valence electrons. The highest BCUT2D eigenvalue weighted by atomic mass is 16.6. The van der Waals surface area contributed by atoms with Crippen molar-refractivity contribution in [3.8, 4) is 11.1 Å². The van der Waals surface area contributed by atoms with E-state index < -0.39 is 24.5 Å². The van der Waals surface area contributed by atoms with Crippen LogP contribution in [0.25, 0.3) is 22.2 Å². The second-order valence-corrected chi connectivity index (χ2v) is 8.46. The molecule has 1 saturated heterocycles. The fraction of sp³-hybridized carbons (Fsp3) is 0.280. The molecular weight excluding hydrogens is 404 g/mol. The molecule has 2 aliphatic heterocycles. The topological polar surface area (TPSA) is 83.6 Å². The Morgan fingerprint density at radius 3 is 2.53 bits per heavy atom. The first kappa shape index (κ1) is 19.4. The molecule has 2 N–H and O–H groups in total. The van der Waals surface area contributed by atoms with Crippen LogP contribution in [0.1, 0.15) is 18.7 Å². The maximum atomic E-state index is 10.7. The van der Waals surface area contributed by atoms with Gasteiger partial charge in [0.1, 0.15) is 30.0 Å². The van der Waals surface area contributed by atoms with Crippen molar-refractivity contribution < 1.29 is 14.9 Å². The minimum absolute atomic E-state index is 0.473. The second kappa shape index (κ2) is 7.41. The second-order valence-electron chi connectivity index (χ2n) is 8.46. The van der Waals surface area contributed by atoms with Crippen LogP contribution in [0.4, 0.5) is 11.5 Å². The summed E-state index contributed by atoms with van der Waals surface area (Å²) in [7, 11) is 0. The lowest BCUT2D eigenvalue weighted by Crippen LogP contribution is -2.30. The smallest absolute Gasteiger partial charge is 0.164 e. The lowest BCUT2D eigenvalue weighted by atomic mass is 10.1. The minimum atomic E-state index is -1.05. The quantitative estimate of drug-likeness (QED) is 0.520. The number of benzene rings is 2. The molecule has 0 saturated carbocycles. The van der Waals surface area contributed by atoms with Gasteiger partial charge in [-0.3, -0.25) is 0 Å². The minimum Gasteiger partial charge on any atom is -0.388 e. The van der Waals surface area contributed by atoms with Crippen LogP contribution in [0.15, 0.2) is 67.1 Å². The number of ether oxygens (including phenoxy) is 1. The summed E-state index contributed by atoms with van der Waals surface area (Å²) in [5.41, 5.74) is 5.11. The van der Waals surface area contributed by atoms with E-state index in [1.165, 1.54) is 5.56 Å². The molecule has 2 aromatic heterocycles. The van der Waals surface area contributed by atoms with Crippen molar-refractivity contribution in [2.45, 2.75) is 37.9 Å². The predicted molar refractivity (Wildman–Crippen MR) is 122 cm³/mol. The summed E-state index contributed by atoms with van der Waals surface area (Å²) in [4.78, 5) is 11.5. The van der Waals surface area contributed by atoms with Gasteiger partial charge in [-0.05, 0) is 30.5 Å². The van der Waals surface area contributed by atoms with Gasteiger partial charge in [0.25, 0.3) is 0 Å². The molecule has 0 bridgehead atoms. The zero-order chi connectivity index (χ0) is 21.8. The third kappa shape index (κ3) is 2.86. The Bertz CT molecular complexity index is 1290. The number of aliphatic hydroxyl groups excluding tert-OH is 2. The average molecular weight is 428 g/mol. The van der Waals surface area contributed by atoms with E-state index in [0.717, 1.165) is 41.0 Å². The lowest BCUT2D eigenvalue weighted by molar-refractivity contribution is -0.0295. The molecule has 6 rings (SSSR count). The molecule has 32 heavy (non-hydrogen) atoms. The molecule has 2 aromatic carbocycles. The van der Waals surface area contributed by atoms with Crippen molar-refractivity contribution >= 4 is 22.5 Å². The van der Waals surface area contributed by atoms with Crippen LogP contribution >= 0.6 is 0 Å². The first-order valence-electron chi connectivity index (χ1n) is 10.9. The van der Waals surface area contributed by atoms with Crippen molar-refractivity contribution in [1.29, 1.82) is 0 Å². The first-order valence-corrected chi connectivity index (χ1v) is 10.9. The van der Waals surface area contributed by atoms with Crippen LogP contribution in [0.2, 0.25) is 0 Å². The molecule has 7 heteroatoms.